The van der Waals surface area contributed by atoms with Crippen LogP contribution in [0.15, 0.2) is 71.7 Å². The van der Waals surface area contributed by atoms with E-state index in [0.717, 1.165) is 59.8 Å². The maximum atomic E-state index is 12.3. The Labute approximate surface area is 262 Å². The van der Waals surface area contributed by atoms with Crippen LogP contribution in [0.25, 0.3) is 21.0 Å². The number of hydrogen-bond donors (Lipinski definition) is 3. The van der Waals surface area contributed by atoms with Crippen LogP contribution in [0.4, 0.5) is 0 Å². The number of benzene rings is 2. The van der Waals surface area contributed by atoms with Gasteiger partial charge in [-0.25, -0.2) is 0 Å². The van der Waals surface area contributed by atoms with Crippen molar-refractivity contribution >= 4 is 44.3 Å². The number of aryl methyl sites for hydroxylation is 2. The van der Waals surface area contributed by atoms with Crippen molar-refractivity contribution in [3.05, 3.63) is 87.5 Å². The van der Waals surface area contributed by atoms with Gasteiger partial charge in [0, 0.05) is 54.6 Å². The average molecular weight is 626 g/mol. The van der Waals surface area contributed by atoms with Crippen molar-refractivity contribution in [1.82, 2.24) is 14.8 Å². The molecule has 10 nitrogen and oxygen atoms in total. The first-order chi connectivity index (χ1) is 21.1. The maximum Gasteiger partial charge on any atom is 0.303 e. The first kappa shape index (κ1) is 36.5. The lowest BCUT2D eigenvalue weighted by molar-refractivity contribution is -0.143. The Balaban J connectivity index is 0.000000217. The third kappa shape index (κ3) is 14.2. The van der Waals surface area contributed by atoms with E-state index < -0.39 is 11.9 Å². The lowest BCUT2D eigenvalue weighted by Crippen LogP contribution is -2.45. The molecule has 238 valence electrons. The lowest BCUT2D eigenvalue weighted by atomic mass is 10.2. The molecule has 44 heavy (non-hydrogen) atoms. The molecule has 0 amide bonds. The smallest absolute Gasteiger partial charge is 0.303 e. The number of nitrogens with zero attached hydrogens (tertiary/aromatic N) is 3. The summed E-state index contributed by atoms with van der Waals surface area (Å²) in [6, 6.07) is 19.7. The molecule has 2 aromatic carbocycles. The number of piperazine rings is 1. The quantitative estimate of drug-likeness (QED) is 0.243. The van der Waals surface area contributed by atoms with Crippen LogP contribution in [0.3, 0.4) is 0 Å². The number of aliphatic carboxylic acids is 2. The van der Waals surface area contributed by atoms with Gasteiger partial charge in [0.15, 0.2) is 0 Å². The monoisotopic (exact) mass is 625 g/mol. The highest BCUT2D eigenvalue weighted by atomic mass is 32.1. The molecule has 11 heteroatoms. The molecule has 0 spiro atoms. The van der Waals surface area contributed by atoms with Crippen molar-refractivity contribution in [1.29, 1.82) is 0 Å². The summed E-state index contributed by atoms with van der Waals surface area (Å²) in [4.78, 5) is 41.8. The summed E-state index contributed by atoms with van der Waals surface area (Å²) in [5.41, 5.74) is 2.16. The van der Waals surface area contributed by atoms with Crippen molar-refractivity contribution in [2.24, 2.45) is 0 Å². The van der Waals surface area contributed by atoms with Gasteiger partial charge in [-0.2, -0.15) is 0 Å². The van der Waals surface area contributed by atoms with E-state index in [0.29, 0.717) is 12.0 Å². The van der Waals surface area contributed by atoms with Crippen LogP contribution in [-0.4, -0.2) is 102 Å². The Morgan fingerprint density at radius 3 is 2.09 bits per heavy atom. The zero-order chi connectivity index (χ0) is 32.3. The van der Waals surface area contributed by atoms with Crippen LogP contribution >= 0.6 is 11.3 Å². The van der Waals surface area contributed by atoms with Crippen molar-refractivity contribution in [2.75, 3.05) is 59.6 Å². The Kier molecular flexibility index (Phi) is 16.8. The zero-order valence-corrected chi connectivity index (χ0v) is 26.5. The Bertz CT molecular complexity index is 1480. The number of para-hydroxylation sites is 1. The number of carbonyl (C=O) groups is 2. The summed E-state index contributed by atoms with van der Waals surface area (Å²) in [7, 11) is 2.15. The lowest BCUT2D eigenvalue weighted by Gasteiger charge is -2.32. The molecule has 5 rings (SSSR count). The Morgan fingerprint density at radius 2 is 1.52 bits per heavy atom. The number of ether oxygens (including phenoxy) is 1. The van der Waals surface area contributed by atoms with Gasteiger partial charge in [0.25, 0.3) is 0 Å². The van der Waals surface area contributed by atoms with E-state index in [-0.39, 0.29) is 24.9 Å². The summed E-state index contributed by atoms with van der Waals surface area (Å²) in [6.45, 7) is 11.0. The van der Waals surface area contributed by atoms with Crippen LogP contribution in [0.5, 0.6) is 0 Å². The van der Waals surface area contributed by atoms with Gasteiger partial charge in [-0.3, -0.25) is 24.3 Å². The topological polar surface area (TPSA) is 140 Å². The molecule has 4 aromatic rings. The van der Waals surface area contributed by atoms with Gasteiger partial charge in [0.05, 0.1) is 42.9 Å². The molecule has 1 aliphatic heterocycles. The first-order valence-electron chi connectivity index (χ1n) is 14.4. The minimum atomic E-state index is -1.08. The maximum absolute atomic E-state index is 12.3. The number of fused-ring (bicyclic) bond motifs is 2. The highest BCUT2D eigenvalue weighted by molar-refractivity contribution is 7.19. The summed E-state index contributed by atoms with van der Waals surface area (Å²) in [5, 5.41) is 25.9. The van der Waals surface area contributed by atoms with Gasteiger partial charge in [0.2, 0.25) is 5.43 Å². The fourth-order valence-corrected chi connectivity index (χ4v) is 4.97. The molecule has 1 fully saturated rings. The molecule has 3 N–H and O–H groups in total. The molecular weight excluding hydrogens is 582 g/mol. The molecule has 0 radical (unpaired) electrons. The van der Waals surface area contributed by atoms with Crippen LogP contribution < -0.4 is 5.43 Å². The third-order valence-corrected chi connectivity index (χ3v) is 7.52. The zero-order valence-electron chi connectivity index (χ0n) is 25.6. The molecular formula is C33H43N3O7S. The average Bonchev–Trinajstić information content (AvgIpc) is 3.34. The third-order valence-electron chi connectivity index (χ3n) is 6.46. The normalized spacial score (nSPS) is 13.1. The number of aromatic nitrogens is 1. The predicted octanol–water partition coefficient (Wildman–Crippen LogP) is 4.29. The molecule has 0 saturated carbocycles. The minimum absolute atomic E-state index is 0.0844. The van der Waals surface area contributed by atoms with Crippen LogP contribution in [0, 0.1) is 13.8 Å². The van der Waals surface area contributed by atoms with Crippen LogP contribution in [0.1, 0.15) is 23.3 Å². The highest BCUT2D eigenvalue weighted by Gasteiger charge is 2.12. The second-order valence-corrected chi connectivity index (χ2v) is 11.4. The van der Waals surface area contributed by atoms with E-state index in [1.165, 1.54) is 16.9 Å². The number of likely N-dealkylation sites (N-methyl/N-ethyl adjacent to an activating group) is 1. The summed E-state index contributed by atoms with van der Waals surface area (Å²) < 4.78 is 6.00. The predicted molar refractivity (Wildman–Crippen MR) is 176 cm³/mol. The van der Waals surface area contributed by atoms with E-state index in [9.17, 15) is 14.4 Å². The van der Waals surface area contributed by atoms with Crippen LogP contribution in [-0.2, 0) is 14.3 Å². The first-order valence-corrected chi connectivity index (χ1v) is 15.2. The van der Waals surface area contributed by atoms with Crippen LogP contribution in [0.2, 0.25) is 0 Å². The number of carboxylic acids is 2. The molecule has 0 atom stereocenters. The summed E-state index contributed by atoms with van der Waals surface area (Å²) in [5.74, 6) is -2.15. The van der Waals surface area contributed by atoms with E-state index >= 15 is 0 Å². The van der Waals surface area contributed by atoms with Gasteiger partial charge in [-0.15, -0.1) is 11.3 Å². The van der Waals surface area contributed by atoms with Crippen molar-refractivity contribution in [2.45, 2.75) is 26.7 Å². The molecule has 2 aromatic heterocycles. The number of hydrogen-bond acceptors (Lipinski definition) is 9. The molecule has 0 bridgehead atoms. The van der Waals surface area contributed by atoms with E-state index in [4.69, 9.17) is 20.1 Å². The minimum Gasteiger partial charge on any atom is -0.481 e. The largest absolute Gasteiger partial charge is 0.481 e. The van der Waals surface area contributed by atoms with Gasteiger partial charge < -0.3 is 25.0 Å². The van der Waals surface area contributed by atoms with E-state index in [1.807, 2.05) is 55.5 Å². The highest BCUT2D eigenvalue weighted by Crippen LogP contribution is 2.22. The standard InChI is InChI=1S/C13H9NOS.C9H20N2O2.C7H8.C4H6O4/c1-8-6-9-7-14-11-5-3-2-4-10(11)12(15)13(9)16-8;1-10-2-4-11(5-3-10)6-8-13-9-7-12;1-7-5-3-2-4-6-7;5-3(6)1-2-4(7)8/h2-7H,1H3;12H,2-9H2,1H3;2-6H,1H3;1-2H2,(H,5,6)(H,7,8). The molecule has 0 aliphatic carbocycles. The van der Waals surface area contributed by atoms with Gasteiger partial charge >= 0.3 is 11.9 Å². The molecule has 3 heterocycles. The second kappa shape index (κ2) is 20.3. The van der Waals surface area contributed by atoms with E-state index in [2.05, 4.69) is 40.9 Å². The fraction of sp³-hybridized carbons (Fsp3) is 0.394. The molecule has 1 saturated heterocycles. The van der Waals surface area contributed by atoms with Gasteiger partial charge in [-0.05, 0) is 39.1 Å². The fourth-order valence-electron chi connectivity index (χ4n) is 4.03. The van der Waals surface area contributed by atoms with Gasteiger partial charge in [0.1, 0.15) is 0 Å². The summed E-state index contributed by atoms with van der Waals surface area (Å²) >= 11 is 1.53. The Morgan fingerprint density at radius 1 is 0.909 bits per heavy atom. The number of thiophene rings is 1. The Hall–Kier alpha value is -3.74. The number of aliphatic hydroxyl groups is 1. The molecule has 1 aliphatic rings. The number of aliphatic hydroxyl groups excluding tert-OH is 1. The van der Waals surface area contributed by atoms with Crippen molar-refractivity contribution in [3.8, 4) is 0 Å². The SMILES string of the molecule is CN1CCN(CCOCCO)CC1.Cc1cc2cnc3ccccc3c(=O)c2s1.Cc1ccccc1.O=C(O)CCC(=O)O. The van der Waals surface area contributed by atoms with Gasteiger partial charge in [-0.1, -0.05) is 48.0 Å². The van der Waals surface area contributed by atoms with E-state index in [1.54, 1.807) is 6.20 Å². The van der Waals surface area contributed by atoms with Crippen molar-refractivity contribution in [3.63, 3.8) is 0 Å². The number of rotatable bonds is 8. The van der Waals surface area contributed by atoms with Crippen molar-refractivity contribution < 1.29 is 29.6 Å². The second-order valence-electron chi connectivity index (χ2n) is 10.2. The summed E-state index contributed by atoms with van der Waals surface area (Å²) in [6.07, 6.45) is 1.19. The molecule has 0 unspecified atom stereocenters. The number of carboxylic acid groups (broad SMARTS) is 2.